The highest BCUT2D eigenvalue weighted by atomic mass is 32.1. The first-order valence-electron chi connectivity index (χ1n) is 2.84. The van der Waals surface area contributed by atoms with Crippen molar-refractivity contribution in [2.45, 2.75) is 0 Å². The zero-order valence-electron chi connectivity index (χ0n) is 5.24. The highest BCUT2D eigenvalue weighted by Gasteiger charge is 1.91. The van der Waals surface area contributed by atoms with Crippen LogP contribution >= 0.6 is 12.6 Å². The minimum atomic E-state index is -0.341. The van der Waals surface area contributed by atoms with Gasteiger partial charge in [0.2, 0.25) is 0 Å². The number of carbonyl (C=O) groups is 1. The third kappa shape index (κ3) is 2.11. The molecule has 1 amide bonds. The van der Waals surface area contributed by atoms with Gasteiger partial charge in [0.25, 0.3) is 5.24 Å². The van der Waals surface area contributed by atoms with Crippen LogP contribution in [0.5, 0.6) is 0 Å². The normalized spacial score (nSPS) is 8.90. The molecule has 0 unspecified atom stereocenters. The number of thiol groups is 1. The number of rotatable bonds is 1. The number of amides is 1. The lowest BCUT2D eigenvalue weighted by Gasteiger charge is -1.97. The SMILES string of the molecule is O=C(S)Nc1ccccc1. The highest BCUT2D eigenvalue weighted by molar-refractivity contribution is 7.96. The van der Waals surface area contributed by atoms with Gasteiger partial charge in [-0.3, -0.25) is 4.79 Å². The van der Waals surface area contributed by atoms with Gasteiger partial charge in [0.15, 0.2) is 0 Å². The Kier molecular flexibility index (Phi) is 2.34. The Hall–Kier alpha value is -0.960. The second-order valence-corrected chi connectivity index (χ2v) is 2.20. The molecule has 0 saturated carbocycles. The molecule has 0 aliphatic rings. The van der Waals surface area contributed by atoms with Gasteiger partial charge in [-0.15, -0.1) is 0 Å². The van der Waals surface area contributed by atoms with Crippen molar-refractivity contribution in [2.75, 3.05) is 5.32 Å². The molecule has 1 aromatic rings. The molecule has 0 aliphatic heterocycles. The van der Waals surface area contributed by atoms with Crippen LogP contribution in [-0.4, -0.2) is 5.24 Å². The smallest absolute Gasteiger partial charge is 0.280 e. The molecule has 0 radical (unpaired) electrons. The maximum atomic E-state index is 10.4. The summed E-state index contributed by atoms with van der Waals surface area (Å²) in [5.74, 6) is 0. The highest BCUT2D eigenvalue weighted by Crippen LogP contribution is 2.05. The summed E-state index contributed by atoms with van der Waals surface area (Å²) in [5, 5.41) is 2.19. The molecule has 0 saturated heterocycles. The molecule has 0 heterocycles. The average molecular weight is 153 g/mol. The van der Waals surface area contributed by atoms with E-state index in [1.165, 1.54) is 0 Å². The van der Waals surface area contributed by atoms with Crippen LogP contribution < -0.4 is 5.32 Å². The largest absolute Gasteiger partial charge is 0.317 e. The molecular weight excluding hydrogens is 146 g/mol. The Morgan fingerprint density at radius 2 is 1.90 bits per heavy atom. The van der Waals surface area contributed by atoms with Crippen LogP contribution in [-0.2, 0) is 0 Å². The lowest BCUT2D eigenvalue weighted by molar-refractivity contribution is 0.270. The van der Waals surface area contributed by atoms with Gasteiger partial charge in [0.1, 0.15) is 0 Å². The van der Waals surface area contributed by atoms with Crippen molar-refractivity contribution in [2.24, 2.45) is 0 Å². The fraction of sp³-hybridized carbons (Fsp3) is 0. The summed E-state index contributed by atoms with van der Waals surface area (Å²) in [6, 6.07) is 9.18. The van der Waals surface area contributed by atoms with Crippen LogP contribution in [0.3, 0.4) is 0 Å². The maximum absolute atomic E-state index is 10.4. The number of nitrogens with one attached hydrogen (secondary N) is 1. The molecule has 2 nitrogen and oxygen atoms in total. The van der Waals surface area contributed by atoms with Gasteiger partial charge in [-0.25, -0.2) is 0 Å². The first-order chi connectivity index (χ1) is 4.79. The molecule has 0 atom stereocenters. The predicted molar refractivity (Wildman–Crippen MR) is 44.4 cm³/mol. The lowest BCUT2D eigenvalue weighted by atomic mass is 10.3. The summed E-state index contributed by atoms with van der Waals surface area (Å²) < 4.78 is 0. The minimum absolute atomic E-state index is 0.341. The second-order valence-electron chi connectivity index (χ2n) is 1.80. The molecule has 0 aliphatic carbocycles. The van der Waals surface area contributed by atoms with E-state index in [-0.39, 0.29) is 5.24 Å². The van der Waals surface area contributed by atoms with E-state index in [9.17, 15) is 4.79 Å². The van der Waals surface area contributed by atoms with Crippen molar-refractivity contribution in [3.8, 4) is 0 Å². The molecule has 52 valence electrons. The first kappa shape index (κ1) is 7.15. The average Bonchev–Trinajstić information content (AvgIpc) is 1.88. The van der Waals surface area contributed by atoms with Gasteiger partial charge >= 0.3 is 0 Å². The number of anilines is 1. The van der Waals surface area contributed by atoms with Crippen LogP contribution in [0.25, 0.3) is 0 Å². The van der Waals surface area contributed by atoms with Crippen LogP contribution in [0.4, 0.5) is 10.5 Å². The summed E-state index contributed by atoms with van der Waals surface area (Å²) in [4.78, 5) is 10.4. The quantitative estimate of drug-likeness (QED) is 0.595. The monoisotopic (exact) mass is 153 g/mol. The Labute approximate surface area is 64.7 Å². The lowest BCUT2D eigenvalue weighted by Crippen LogP contribution is -1.99. The first-order valence-corrected chi connectivity index (χ1v) is 3.29. The van der Waals surface area contributed by atoms with E-state index in [1.807, 2.05) is 18.2 Å². The van der Waals surface area contributed by atoms with Gasteiger partial charge < -0.3 is 5.32 Å². The summed E-state index contributed by atoms with van der Waals surface area (Å²) in [6.07, 6.45) is 0. The molecule has 0 bridgehead atoms. The summed E-state index contributed by atoms with van der Waals surface area (Å²) in [5.41, 5.74) is 0.766. The minimum Gasteiger partial charge on any atom is -0.317 e. The summed E-state index contributed by atoms with van der Waals surface area (Å²) >= 11 is 3.56. The van der Waals surface area contributed by atoms with Gasteiger partial charge in [0, 0.05) is 5.69 Å². The third-order valence-electron chi connectivity index (χ3n) is 1.03. The van der Waals surface area contributed by atoms with Crippen LogP contribution in [0, 0.1) is 0 Å². The molecular formula is C7H7NOS. The summed E-state index contributed by atoms with van der Waals surface area (Å²) in [7, 11) is 0. The van der Waals surface area contributed by atoms with Crippen molar-refractivity contribution in [3.05, 3.63) is 30.3 Å². The van der Waals surface area contributed by atoms with Crippen molar-refractivity contribution < 1.29 is 4.79 Å². The zero-order valence-corrected chi connectivity index (χ0v) is 6.14. The Balaban J connectivity index is 2.67. The van der Waals surface area contributed by atoms with Crippen molar-refractivity contribution in [1.29, 1.82) is 0 Å². The van der Waals surface area contributed by atoms with Gasteiger partial charge in [0.05, 0.1) is 0 Å². The van der Waals surface area contributed by atoms with E-state index in [2.05, 4.69) is 17.9 Å². The Morgan fingerprint density at radius 1 is 1.30 bits per heavy atom. The van der Waals surface area contributed by atoms with Crippen LogP contribution in [0.2, 0.25) is 0 Å². The Morgan fingerprint density at radius 3 is 2.40 bits per heavy atom. The standard InChI is InChI=1S/C7H7NOS/c9-7(10)8-6-4-2-1-3-5-6/h1-5H,(H2,8,9,10). The Bertz CT molecular complexity index is 222. The molecule has 0 fully saturated rings. The number of hydrogen-bond acceptors (Lipinski definition) is 1. The molecule has 0 aromatic heterocycles. The van der Waals surface area contributed by atoms with E-state index < -0.39 is 0 Å². The van der Waals surface area contributed by atoms with E-state index in [4.69, 9.17) is 0 Å². The van der Waals surface area contributed by atoms with Gasteiger partial charge in [-0.05, 0) is 12.1 Å². The van der Waals surface area contributed by atoms with Crippen LogP contribution in [0.1, 0.15) is 0 Å². The fourth-order valence-corrected chi connectivity index (χ4v) is 0.774. The second kappa shape index (κ2) is 3.27. The fourth-order valence-electron chi connectivity index (χ4n) is 0.645. The molecule has 1 rings (SSSR count). The van der Waals surface area contributed by atoms with Crippen LogP contribution in [0.15, 0.2) is 30.3 Å². The third-order valence-corrected chi connectivity index (χ3v) is 1.14. The molecule has 1 aromatic carbocycles. The van der Waals surface area contributed by atoms with Crippen molar-refractivity contribution >= 4 is 23.6 Å². The van der Waals surface area contributed by atoms with Gasteiger partial charge in [-0.1, -0.05) is 30.8 Å². The van der Waals surface area contributed by atoms with E-state index >= 15 is 0 Å². The number of para-hydroxylation sites is 1. The van der Waals surface area contributed by atoms with Crippen molar-refractivity contribution in [1.82, 2.24) is 0 Å². The van der Waals surface area contributed by atoms with E-state index in [0.29, 0.717) is 0 Å². The number of hydrogen-bond donors (Lipinski definition) is 2. The predicted octanol–water partition coefficient (Wildman–Crippen LogP) is 2.15. The molecule has 3 heteroatoms. The van der Waals surface area contributed by atoms with E-state index in [0.717, 1.165) is 5.69 Å². The summed E-state index contributed by atoms with van der Waals surface area (Å²) in [6.45, 7) is 0. The number of benzene rings is 1. The topological polar surface area (TPSA) is 29.1 Å². The molecule has 10 heavy (non-hydrogen) atoms. The van der Waals surface area contributed by atoms with E-state index in [1.54, 1.807) is 12.1 Å². The van der Waals surface area contributed by atoms with Crippen molar-refractivity contribution in [3.63, 3.8) is 0 Å². The number of carbonyl (C=O) groups excluding carboxylic acids is 1. The molecule has 0 spiro atoms. The molecule has 1 N–H and O–H groups in total. The van der Waals surface area contributed by atoms with Gasteiger partial charge in [-0.2, -0.15) is 0 Å². The maximum Gasteiger partial charge on any atom is 0.280 e. The zero-order chi connectivity index (χ0) is 7.40.